The molecule has 0 unspecified atom stereocenters. The second kappa shape index (κ2) is 4.39. The van der Waals surface area contributed by atoms with E-state index in [1.807, 2.05) is 0 Å². The number of halogens is 1. The fourth-order valence-electron chi connectivity index (χ4n) is 1.27. The Kier molecular flexibility index (Phi) is 3.41. The van der Waals surface area contributed by atoms with Gasteiger partial charge in [0.1, 0.15) is 0 Å². The van der Waals surface area contributed by atoms with Gasteiger partial charge in [-0.05, 0) is 0 Å². The highest BCUT2D eigenvalue weighted by molar-refractivity contribution is 8.93. The van der Waals surface area contributed by atoms with Crippen LogP contribution in [0, 0.1) is 0 Å². The van der Waals surface area contributed by atoms with Crippen LogP contribution in [0.25, 0.3) is 0 Å². The monoisotopic (exact) mass is 270 g/mol. The van der Waals surface area contributed by atoms with Gasteiger partial charge in [0.25, 0.3) is 5.78 Å². The molecule has 2 aromatic rings. The van der Waals surface area contributed by atoms with Crippen molar-refractivity contribution in [2.45, 2.75) is 0 Å². The summed E-state index contributed by atoms with van der Waals surface area (Å²) in [4.78, 5) is 19.8. The van der Waals surface area contributed by atoms with E-state index in [-0.39, 0.29) is 22.8 Å². The number of carbonyl (C=O) groups is 1. The summed E-state index contributed by atoms with van der Waals surface area (Å²) in [5.74, 6) is 0.642. The minimum absolute atomic E-state index is 0. The van der Waals surface area contributed by atoms with E-state index in [1.165, 1.54) is 0 Å². The average Bonchev–Trinajstić information content (AvgIpc) is 2.73. The summed E-state index contributed by atoms with van der Waals surface area (Å²) in [6, 6.07) is 0. The molecular weight excluding hydrogens is 260 g/mol. The van der Waals surface area contributed by atoms with Crippen LogP contribution >= 0.6 is 17.0 Å². The number of imidazole rings is 2. The summed E-state index contributed by atoms with van der Waals surface area (Å²) < 4.78 is 3.36. The fraction of sp³-hybridized carbons (Fsp3) is 0.222. The zero-order chi connectivity index (χ0) is 10.1. The molecule has 0 saturated carbocycles. The molecule has 15 heavy (non-hydrogen) atoms. The normalized spacial score (nSPS) is 9.73. The van der Waals surface area contributed by atoms with Gasteiger partial charge in [-0.2, -0.15) is 0 Å². The van der Waals surface area contributed by atoms with Crippen molar-refractivity contribution in [3.8, 4) is 0 Å². The Labute approximate surface area is 97.5 Å². The molecule has 0 aliphatic heterocycles. The van der Waals surface area contributed by atoms with Crippen LogP contribution in [0.4, 0.5) is 0 Å². The van der Waals surface area contributed by atoms with Gasteiger partial charge in [0.15, 0.2) is 11.6 Å². The smallest absolute Gasteiger partial charge is 0.263 e. The molecule has 2 rings (SSSR count). The fourth-order valence-corrected chi connectivity index (χ4v) is 1.27. The summed E-state index contributed by atoms with van der Waals surface area (Å²) in [5, 5.41) is 0. The van der Waals surface area contributed by atoms with E-state index in [0.717, 1.165) is 0 Å². The topological polar surface area (TPSA) is 52.7 Å². The molecule has 0 radical (unpaired) electrons. The van der Waals surface area contributed by atoms with Crippen LogP contribution in [0.15, 0.2) is 24.8 Å². The number of carbonyl (C=O) groups excluding carboxylic acids is 1. The number of ketones is 1. The zero-order valence-electron chi connectivity index (χ0n) is 8.41. The molecule has 0 atom stereocenters. The molecular formula is C9H11BrN4O. The molecule has 0 N–H and O–H groups in total. The molecule has 2 heterocycles. The predicted molar refractivity (Wildman–Crippen MR) is 60.2 cm³/mol. The molecule has 0 spiro atoms. The Morgan fingerprint density at radius 1 is 1.07 bits per heavy atom. The third-order valence-electron chi connectivity index (χ3n) is 2.05. The SMILES string of the molecule is Br.Cn1ccnc1C(=O)c1nccn1C. The maximum absolute atomic E-state index is 11.8. The quantitative estimate of drug-likeness (QED) is 0.764. The third kappa shape index (κ3) is 1.99. The highest BCUT2D eigenvalue weighted by Gasteiger charge is 2.17. The summed E-state index contributed by atoms with van der Waals surface area (Å²) in [6.07, 6.45) is 6.65. The first kappa shape index (κ1) is 11.6. The summed E-state index contributed by atoms with van der Waals surface area (Å²) in [7, 11) is 3.56. The van der Waals surface area contributed by atoms with Crippen molar-refractivity contribution in [2.75, 3.05) is 0 Å². The maximum atomic E-state index is 11.8. The largest absolute Gasteiger partial charge is 0.331 e. The first-order chi connectivity index (χ1) is 6.70. The Morgan fingerprint density at radius 3 is 1.73 bits per heavy atom. The van der Waals surface area contributed by atoms with Gasteiger partial charge in [-0.25, -0.2) is 9.97 Å². The van der Waals surface area contributed by atoms with Gasteiger partial charge in [0.2, 0.25) is 0 Å². The number of aryl methyl sites for hydroxylation is 2. The Hall–Kier alpha value is -1.43. The zero-order valence-corrected chi connectivity index (χ0v) is 10.1. The minimum atomic E-state index is -0.162. The summed E-state index contributed by atoms with van der Waals surface area (Å²) in [5.41, 5.74) is 0. The van der Waals surface area contributed by atoms with Crippen LogP contribution in [0.2, 0.25) is 0 Å². The van der Waals surface area contributed by atoms with Crippen molar-refractivity contribution in [1.82, 2.24) is 19.1 Å². The van der Waals surface area contributed by atoms with E-state index in [2.05, 4.69) is 9.97 Å². The summed E-state index contributed by atoms with van der Waals surface area (Å²) in [6.45, 7) is 0. The van der Waals surface area contributed by atoms with Gasteiger partial charge >= 0.3 is 0 Å². The van der Waals surface area contributed by atoms with Gasteiger partial charge in [-0.3, -0.25) is 4.79 Å². The second-order valence-corrected chi connectivity index (χ2v) is 3.05. The van der Waals surface area contributed by atoms with E-state index in [9.17, 15) is 4.79 Å². The van der Waals surface area contributed by atoms with Crippen molar-refractivity contribution in [3.05, 3.63) is 36.4 Å². The number of hydrogen-bond donors (Lipinski definition) is 0. The van der Waals surface area contributed by atoms with Crippen LogP contribution in [-0.2, 0) is 14.1 Å². The minimum Gasteiger partial charge on any atom is -0.331 e. The third-order valence-corrected chi connectivity index (χ3v) is 2.05. The molecule has 0 fully saturated rings. The van der Waals surface area contributed by atoms with Crippen molar-refractivity contribution in [3.63, 3.8) is 0 Å². The lowest BCUT2D eigenvalue weighted by atomic mass is 10.3. The van der Waals surface area contributed by atoms with Crippen LogP contribution < -0.4 is 0 Å². The molecule has 0 bridgehead atoms. The Morgan fingerprint density at radius 2 is 1.47 bits per heavy atom. The molecule has 0 amide bonds. The Balaban J connectivity index is 0.00000112. The molecule has 5 nitrogen and oxygen atoms in total. The Bertz CT molecular complexity index is 432. The van der Waals surface area contributed by atoms with E-state index in [4.69, 9.17) is 0 Å². The van der Waals surface area contributed by atoms with E-state index in [0.29, 0.717) is 11.6 Å². The predicted octanol–water partition coefficient (Wildman–Crippen LogP) is 0.963. The molecule has 0 saturated heterocycles. The number of nitrogens with zero attached hydrogens (tertiary/aromatic N) is 4. The van der Waals surface area contributed by atoms with Gasteiger partial charge in [-0.15, -0.1) is 17.0 Å². The van der Waals surface area contributed by atoms with Crippen molar-refractivity contribution in [2.24, 2.45) is 14.1 Å². The lowest BCUT2D eigenvalue weighted by molar-refractivity contribution is 0.101. The molecule has 0 aliphatic carbocycles. The first-order valence-electron chi connectivity index (χ1n) is 4.19. The van der Waals surface area contributed by atoms with E-state index < -0.39 is 0 Å². The van der Waals surface area contributed by atoms with Crippen LogP contribution in [-0.4, -0.2) is 24.9 Å². The van der Waals surface area contributed by atoms with Gasteiger partial charge in [0.05, 0.1) is 0 Å². The highest BCUT2D eigenvalue weighted by Crippen LogP contribution is 2.04. The van der Waals surface area contributed by atoms with Crippen molar-refractivity contribution in [1.29, 1.82) is 0 Å². The van der Waals surface area contributed by atoms with E-state index >= 15 is 0 Å². The molecule has 0 aromatic carbocycles. The maximum Gasteiger partial charge on any atom is 0.263 e. The molecule has 6 heteroatoms. The van der Waals surface area contributed by atoms with Crippen molar-refractivity contribution >= 4 is 22.8 Å². The molecule has 2 aromatic heterocycles. The van der Waals surface area contributed by atoms with Crippen LogP contribution in [0.5, 0.6) is 0 Å². The van der Waals surface area contributed by atoms with E-state index in [1.54, 1.807) is 48.0 Å². The summed E-state index contributed by atoms with van der Waals surface area (Å²) >= 11 is 0. The van der Waals surface area contributed by atoms with Crippen LogP contribution in [0.1, 0.15) is 16.4 Å². The number of hydrogen-bond acceptors (Lipinski definition) is 3. The highest BCUT2D eigenvalue weighted by atomic mass is 79.9. The van der Waals surface area contributed by atoms with Crippen molar-refractivity contribution < 1.29 is 4.79 Å². The standard InChI is InChI=1S/C9H10N4O.BrH/c1-12-5-3-10-8(12)7(14)9-11-4-6-13(9)2;/h3-6H,1-2H3;1H. The lowest BCUT2D eigenvalue weighted by Crippen LogP contribution is -2.13. The first-order valence-corrected chi connectivity index (χ1v) is 4.19. The molecule has 80 valence electrons. The van der Waals surface area contributed by atoms with Crippen LogP contribution in [0.3, 0.4) is 0 Å². The van der Waals surface area contributed by atoms with Gasteiger partial charge in [-0.1, -0.05) is 0 Å². The number of rotatable bonds is 2. The lowest BCUT2D eigenvalue weighted by Gasteiger charge is -2.00. The van der Waals surface area contributed by atoms with Gasteiger partial charge < -0.3 is 9.13 Å². The second-order valence-electron chi connectivity index (χ2n) is 3.05. The van der Waals surface area contributed by atoms with Gasteiger partial charge in [0, 0.05) is 38.9 Å². The number of aromatic nitrogens is 4. The molecule has 0 aliphatic rings. The average molecular weight is 271 g/mol.